The number of rotatable bonds is 9. The Labute approximate surface area is 172 Å². The van der Waals surface area contributed by atoms with Crippen LogP contribution in [0.5, 0.6) is 0 Å². The van der Waals surface area contributed by atoms with Crippen molar-refractivity contribution in [3.8, 4) is 0 Å². The molecule has 1 aromatic carbocycles. The molecule has 7 heteroatoms. The van der Waals surface area contributed by atoms with Gasteiger partial charge in [-0.2, -0.15) is 0 Å². The maximum Gasteiger partial charge on any atom is 0.193 e. The fourth-order valence-electron chi connectivity index (χ4n) is 3.49. The van der Waals surface area contributed by atoms with E-state index in [2.05, 4.69) is 33.4 Å². The van der Waals surface area contributed by atoms with Crippen LogP contribution in [0.25, 0.3) is 10.2 Å². The summed E-state index contributed by atoms with van der Waals surface area (Å²) in [5.41, 5.74) is 1.11. The molecule has 0 radical (unpaired) electrons. The van der Waals surface area contributed by atoms with Crippen LogP contribution in [-0.4, -0.2) is 69.0 Å². The standard InChI is InChI=1S/C21H32N4O2S/c1-22-21(25-13-10-17(11-14-25)27-16-6-15-26-2)23-12-5-9-20-24-18-7-3-4-8-19(18)28-20/h3-4,7-8,17H,5-6,9-16H2,1-2H3,(H,22,23). The number of aryl methyl sites for hydroxylation is 1. The largest absolute Gasteiger partial charge is 0.385 e. The van der Waals surface area contributed by atoms with Gasteiger partial charge in [-0.3, -0.25) is 4.99 Å². The molecular formula is C21H32N4O2S. The van der Waals surface area contributed by atoms with Crippen molar-refractivity contribution in [2.75, 3.05) is 47.0 Å². The van der Waals surface area contributed by atoms with E-state index in [0.717, 1.165) is 76.4 Å². The molecule has 0 unspecified atom stereocenters. The quantitative estimate of drug-likeness (QED) is 0.395. The lowest BCUT2D eigenvalue weighted by Gasteiger charge is -2.34. The van der Waals surface area contributed by atoms with Gasteiger partial charge in [0.2, 0.25) is 0 Å². The Kier molecular flexibility index (Phi) is 8.51. The third kappa shape index (κ3) is 6.15. The minimum absolute atomic E-state index is 0.366. The molecule has 1 aromatic heterocycles. The van der Waals surface area contributed by atoms with E-state index in [-0.39, 0.29) is 0 Å². The first kappa shape index (κ1) is 21.0. The fourth-order valence-corrected chi connectivity index (χ4v) is 4.50. The van der Waals surface area contributed by atoms with Crippen LogP contribution in [0.1, 0.15) is 30.7 Å². The third-order valence-corrected chi connectivity index (χ3v) is 6.08. The maximum absolute atomic E-state index is 5.95. The van der Waals surface area contributed by atoms with Crippen molar-refractivity contribution < 1.29 is 9.47 Å². The zero-order chi connectivity index (χ0) is 19.6. The number of thiazole rings is 1. The summed E-state index contributed by atoms with van der Waals surface area (Å²) >= 11 is 1.80. The fraction of sp³-hybridized carbons (Fsp3) is 0.619. The first-order valence-corrected chi connectivity index (χ1v) is 11.0. The zero-order valence-electron chi connectivity index (χ0n) is 17.0. The number of aliphatic imine (C=N–C) groups is 1. The molecule has 28 heavy (non-hydrogen) atoms. The number of guanidine groups is 1. The average molecular weight is 405 g/mol. The van der Waals surface area contributed by atoms with E-state index in [0.29, 0.717) is 6.10 Å². The molecule has 2 aromatic rings. The minimum atomic E-state index is 0.366. The van der Waals surface area contributed by atoms with Gasteiger partial charge in [0.25, 0.3) is 0 Å². The van der Waals surface area contributed by atoms with Crippen molar-refractivity contribution in [1.82, 2.24) is 15.2 Å². The molecule has 1 aliphatic heterocycles. The molecular weight excluding hydrogens is 372 g/mol. The number of methoxy groups -OCH3 is 1. The molecule has 0 spiro atoms. The number of para-hydroxylation sites is 1. The van der Waals surface area contributed by atoms with E-state index in [9.17, 15) is 0 Å². The molecule has 0 bridgehead atoms. The highest BCUT2D eigenvalue weighted by Gasteiger charge is 2.21. The molecule has 0 amide bonds. The number of nitrogens with zero attached hydrogens (tertiary/aromatic N) is 3. The average Bonchev–Trinajstić information content (AvgIpc) is 3.15. The van der Waals surface area contributed by atoms with Crippen LogP contribution in [0.3, 0.4) is 0 Å². The predicted octanol–water partition coefficient (Wildman–Crippen LogP) is 3.32. The Bertz CT molecular complexity index is 708. The molecule has 0 saturated carbocycles. The number of ether oxygens (including phenoxy) is 2. The van der Waals surface area contributed by atoms with Gasteiger partial charge in [-0.15, -0.1) is 11.3 Å². The summed E-state index contributed by atoms with van der Waals surface area (Å²) in [5, 5.41) is 4.73. The van der Waals surface area contributed by atoms with Gasteiger partial charge in [-0.25, -0.2) is 4.98 Å². The number of hydrogen-bond acceptors (Lipinski definition) is 5. The Morgan fingerprint density at radius 3 is 2.82 bits per heavy atom. The van der Waals surface area contributed by atoms with E-state index in [4.69, 9.17) is 14.5 Å². The lowest BCUT2D eigenvalue weighted by molar-refractivity contribution is 0.00991. The molecule has 0 aliphatic carbocycles. The maximum atomic E-state index is 5.95. The summed E-state index contributed by atoms with van der Waals surface area (Å²) in [6.45, 7) is 4.46. The van der Waals surface area contributed by atoms with Gasteiger partial charge < -0.3 is 19.7 Å². The topological polar surface area (TPSA) is 59.0 Å². The Morgan fingerprint density at radius 2 is 2.07 bits per heavy atom. The number of hydrogen-bond donors (Lipinski definition) is 1. The normalized spacial score (nSPS) is 16.1. The predicted molar refractivity (Wildman–Crippen MR) is 116 cm³/mol. The Hall–Kier alpha value is -1.70. The lowest BCUT2D eigenvalue weighted by Crippen LogP contribution is -2.47. The van der Waals surface area contributed by atoms with Crippen molar-refractivity contribution >= 4 is 27.5 Å². The lowest BCUT2D eigenvalue weighted by atomic mass is 10.1. The molecule has 1 N–H and O–H groups in total. The monoisotopic (exact) mass is 404 g/mol. The van der Waals surface area contributed by atoms with E-state index in [1.54, 1.807) is 18.4 Å². The number of benzene rings is 1. The van der Waals surface area contributed by atoms with E-state index in [1.807, 2.05) is 13.1 Å². The van der Waals surface area contributed by atoms with Crippen molar-refractivity contribution in [2.24, 2.45) is 4.99 Å². The van der Waals surface area contributed by atoms with Crippen molar-refractivity contribution in [1.29, 1.82) is 0 Å². The van der Waals surface area contributed by atoms with Crippen LogP contribution < -0.4 is 5.32 Å². The van der Waals surface area contributed by atoms with Gasteiger partial charge in [0.1, 0.15) is 0 Å². The van der Waals surface area contributed by atoms with Gasteiger partial charge in [-0.1, -0.05) is 12.1 Å². The highest BCUT2D eigenvalue weighted by atomic mass is 32.1. The highest BCUT2D eigenvalue weighted by molar-refractivity contribution is 7.18. The summed E-state index contributed by atoms with van der Waals surface area (Å²) in [7, 11) is 3.60. The molecule has 154 valence electrons. The van der Waals surface area contributed by atoms with Gasteiger partial charge in [0, 0.05) is 53.4 Å². The van der Waals surface area contributed by atoms with E-state index < -0.39 is 0 Å². The second-order valence-corrected chi connectivity index (χ2v) is 8.17. The summed E-state index contributed by atoms with van der Waals surface area (Å²) in [5.74, 6) is 1.00. The molecule has 1 aliphatic rings. The Balaban J connectivity index is 1.34. The van der Waals surface area contributed by atoms with Crippen LogP contribution in [0.4, 0.5) is 0 Å². The molecule has 3 rings (SSSR count). The minimum Gasteiger partial charge on any atom is -0.385 e. The van der Waals surface area contributed by atoms with Gasteiger partial charge in [0.05, 0.1) is 21.3 Å². The second-order valence-electron chi connectivity index (χ2n) is 7.06. The second kappa shape index (κ2) is 11.3. The number of piperidine rings is 1. The molecule has 0 atom stereocenters. The van der Waals surface area contributed by atoms with Gasteiger partial charge in [-0.05, 0) is 37.8 Å². The van der Waals surface area contributed by atoms with Crippen LogP contribution in [0.2, 0.25) is 0 Å². The molecule has 6 nitrogen and oxygen atoms in total. The molecule has 1 fully saturated rings. The Morgan fingerprint density at radius 1 is 1.25 bits per heavy atom. The summed E-state index contributed by atoms with van der Waals surface area (Å²) in [6, 6.07) is 8.34. The molecule has 2 heterocycles. The highest BCUT2D eigenvalue weighted by Crippen LogP contribution is 2.22. The number of nitrogens with one attached hydrogen (secondary N) is 1. The SMILES string of the molecule is CN=C(NCCCc1nc2ccccc2s1)N1CCC(OCCCOC)CC1. The summed E-state index contributed by atoms with van der Waals surface area (Å²) in [4.78, 5) is 11.5. The van der Waals surface area contributed by atoms with Crippen LogP contribution in [0, 0.1) is 0 Å². The van der Waals surface area contributed by atoms with Crippen LogP contribution in [0.15, 0.2) is 29.3 Å². The third-order valence-electron chi connectivity index (χ3n) is 4.99. The number of likely N-dealkylation sites (tertiary alicyclic amines) is 1. The summed E-state index contributed by atoms with van der Waals surface area (Å²) in [6.07, 6.45) is 5.50. The number of fused-ring (bicyclic) bond motifs is 1. The van der Waals surface area contributed by atoms with E-state index >= 15 is 0 Å². The zero-order valence-corrected chi connectivity index (χ0v) is 17.8. The first-order chi connectivity index (χ1) is 13.8. The molecule has 1 saturated heterocycles. The van der Waals surface area contributed by atoms with Crippen molar-refractivity contribution in [2.45, 2.75) is 38.2 Å². The van der Waals surface area contributed by atoms with Crippen molar-refractivity contribution in [3.63, 3.8) is 0 Å². The van der Waals surface area contributed by atoms with Crippen LogP contribution >= 0.6 is 11.3 Å². The van der Waals surface area contributed by atoms with Gasteiger partial charge in [0.15, 0.2) is 5.96 Å². The smallest absolute Gasteiger partial charge is 0.193 e. The summed E-state index contributed by atoms with van der Waals surface area (Å²) < 4.78 is 12.3. The van der Waals surface area contributed by atoms with Gasteiger partial charge >= 0.3 is 0 Å². The first-order valence-electron chi connectivity index (χ1n) is 10.2. The van der Waals surface area contributed by atoms with Crippen molar-refractivity contribution in [3.05, 3.63) is 29.3 Å². The van der Waals surface area contributed by atoms with Crippen LogP contribution in [-0.2, 0) is 15.9 Å². The van der Waals surface area contributed by atoms with E-state index in [1.165, 1.54) is 9.71 Å². The number of aromatic nitrogens is 1.